The van der Waals surface area contributed by atoms with E-state index in [0.29, 0.717) is 23.2 Å². The molecule has 1 aliphatic rings. The number of aromatic amines is 1. The Morgan fingerprint density at radius 1 is 1.05 bits per heavy atom. The molecule has 192 valence electrons. The van der Waals surface area contributed by atoms with E-state index in [2.05, 4.69) is 35.4 Å². The summed E-state index contributed by atoms with van der Waals surface area (Å²) in [6, 6.07) is 15.2. The van der Waals surface area contributed by atoms with Crippen LogP contribution in [-0.2, 0) is 6.42 Å². The van der Waals surface area contributed by atoms with E-state index >= 15 is 0 Å². The third-order valence-corrected chi connectivity index (χ3v) is 6.29. The van der Waals surface area contributed by atoms with Gasteiger partial charge in [-0.25, -0.2) is 0 Å². The summed E-state index contributed by atoms with van der Waals surface area (Å²) in [5, 5.41) is 20.5. The summed E-state index contributed by atoms with van der Waals surface area (Å²) >= 11 is 0. The number of carbonyl (C=O) groups excluding carboxylic acids is 1. The number of tetrazole rings is 1. The number of anilines is 1. The monoisotopic (exact) mass is 511 g/mol. The Balaban J connectivity index is 1.36. The first-order valence-corrected chi connectivity index (χ1v) is 11.9. The van der Waals surface area contributed by atoms with Gasteiger partial charge in [0.1, 0.15) is 5.75 Å². The average molecular weight is 512 g/mol. The Labute approximate surface area is 210 Å². The standard InChI is InChI=1S/C25H24F3N7O2/c26-25(27,28)37-21-12-10-17(11-13-21)22-15-20(35(32-22)19-4-2-1-3-5-19)14-16-6-8-18(9-7-16)23(36)29-24-30-33-34-31-24/h6-13,15,19H,1-5,14H2,(H2,29,30,31,33,34,36). The second-order valence-corrected chi connectivity index (χ2v) is 8.89. The van der Waals surface area contributed by atoms with Crippen LogP contribution >= 0.6 is 0 Å². The normalized spacial score (nSPS) is 14.5. The van der Waals surface area contributed by atoms with Crippen LogP contribution in [0, 0.1) is 0 Å². The van der Waals surface area contributed by atoms with Crippen LogP contribution in [0.4, 0.5) is 19.1 Å². The average Bonchev–Trinajstić information content (AvgIpc) is 3.55. The molecule has 1 saturated carbocycles. The highest BCUT2D eigenvalue weighted by atomic mass is 19.4. The van der Waals surface area contributed by atoms with E-state index in [1.165, 1.54) is 18.6 Å². The van der Waals surface area contributed by atoms with Gasteiger partial charge in [-0.2, -0.15) is 10.3 Å². The zero-order valence-electron chi connectivity index (χ0n) is 19.7. The lowest BCUT2D eigenvalue weighted by Gasteiger charge is -2.24. The number of nitrogens with one attached hydrogen (secondary N) is 2. The summed E-state index contributed by atoms with van der Waals surface area (Å²) in [7, 11) is 0. The first kappa shape index (κ1) is 24.5. The molecule has 0 radical (unpaired) electrons. The van der Waals surface area contributed by atoms with E-state index in [4.69, 9.17) is 5.10 Å². The van der Waals surface area contributed by atoms with E-state index in [9.17, 15) is 18.0 Å². The van der Waals surface area contributed by atoms with Crippen LogP contribution in [0.5, 0.6) is 5.75 Å². The molecule has 37 heavy (non-hydrogen) atoms. The Hall–Kier alpha value is -4.22. The van der Waals surface area contributed by atoms with Crippen LogP contribution in [-0.4, -0.2) is 42.7 Å². The molecule has 9 nitrogen and oxygen atoms in total. The molecule has 5 rings (SSSR count). The van der Waals surface area contributed by atoms with Crippen molar-refractivity contribution in [1.82, 2.24) is 30.4 Å². The third-order valence-electron chi connectivity index (χ3n) is 6.29. The predicted molar refractivity (Wildman–Crippen MR) is 128 cm³/mol. The molecule has 2 aromatic heterocycles. The van der Waals surface area contributed by atoms with Gasteiger partial charge in [0.15, 0.2) is 0 Å². The number of amides is 1. The van der Waals surface area contributed by atoms with Crippen molar-refractivity contribution >= 4 is 11.9 Å². The predicted octanol–water partition coefficient (Wildman–Crippen LogP) is 5.31. The van der Waals surface area contributed by atoms with Crippen LogP contribution in [0.2, 0.25) is 0 Å². The van der Waals surface area contributed by atoms with Gasteiger partial charge in [-0.05, 0) is 66.1 Å². The summed E-state index contributed by atoms with van der Waals surface area (Å²) in [5.74, 6) is -0.525. The van der Waals surface area contributed by atoms with Gasteiger partial charge < -0.3 is 4.74 Å². The van der Waals surface area contributed by atoms with Crippen molar-refractivity contribution in [2.75, 3.05) is 5.32 Å². The molecule has 4 aromatic rings. The van der Waals surface area contributed by atoms with Crippen molar-refractivity contribution in [3.8, 4) is 17.0 Å². The van der Waals surface area contributed by atoms with E-state index < -0.39 is 6.36 Å². The first-order valence-electron chi connectivity index (χ1n) is 11.9. The van der Waals surface area contributed by atoms with Gasteiger partial charge in [-0.1, -0.05) is 36.5 Å². The van der Waals surface area contributed by atoms with E-state index in [1.54, 1.807) is 24.3 Å². The number of H-pyrrole nitrogens is 1. The number of alkyl halides is 3. The molecule has 2 N–H and O–H groups in total. The fourth-order valence-electron chi connectivity index (χ4n) is 4.55. The summed E-state index contributed by atoms with van der Waals surface area (Å²) in [6.45, 7) is 0. The number of carbonyl (C=O) groups is 1. The van der Waals surface area contributed by atoms with Crippen molar-refractivity contribution in [3.05, 3.63) is 71.4 Å². The number of aromatic nitrogens is 6. The van der Waals surface area contributed by atoms with Crippen LogP contribution in [0.15, 0.2) is 54.6 Å². The topological polar surface area (TPSA) is 111 Å². The number of hydrogen-bond acceptors (Lipinski definition) is 6. The molecule has 0 spiro atoms. The lowest BCUT2D eigenvalue weighted by molar-refractivity contribution is -0.274. The largest absolute Gasteiger partial charge is 0.573 e. The molecule has 0 aliphatic heterocycles. The lowest BCUT2D eigenvalue weighted by Crippen LogP contribution is -2.17. The number of rotatable bonds is 7. The number of hydrogen-bond donors (Lipinski definition) is 2. The Kier molecular flexibility index (Phi) is 6.89. The third kappa shape index (κ3) is 6.13. The molecular formula is C25H24F3N7O2. The minimum atomic E-state index is -4.74. The molecule has 0 unspecified atom stereocenters. The van der Waals surface area contributed by atoms with E-state index in [1.807, 2.05) is 18.2 Å². The molecule has 0 atom stereocenters. The number of benzene rings is 2. The molecule has 0 bridgehead atoms. The summed E-state index contributed by atoms with van der Waals surface area (Å²) in [5.41, 5.74) is 3.85. The van der Waals surface area contributed by atoms with Crippen molar-refractivity contribution in [2.24, 2.45) is 0 Å². The highest BCUT2D eigenvalue weighted by molar-refractivity contribution is 6.03. The smallest absolute Gasteiger partial charge is 0.406 e. The lowest BCUT2D eigenvalue weighted by atomic mass is 9.95. The van der Waals surface area contributed by atoms with Crippen LogP contribution < -0.4 is 10.1 Å². The summed E-state index contributed by atoms with van der Waals surface area (Å²) in [4.78, 5) is 12.4. The van der Waals surface area contributed by atoms with E-state index in [-0.39, 0.29) is 23.6 Å². The second kappa shape index (κ2) is 10.4. The minimum Gasteiger partial charge on any atom is -0.406 e. The van der Waals surface area contributed by atoms with Gasteiger partial charge in [0, 0.05) is 23.2 Å². The van der Waals surface area contributed by atoms with Crippen molar-refractivity contribution in [1.29, 1.82) is 0 Å². The highest BCUT2D eigenvalue weighted by Gasteiger charge is 2.31. The molecule has 2 aromatic carbocycles. The van der Waals surface area contributed by atoms with Crippen LogP contribution in [0.25, 0.3) is 11.3 Å². The number of halogens is 3. The maximum atomic E-state index is 12.5. The van der Waals surface area contributed by atoms with Crippen LogP contribution in [0.3, 0.4) is 0 Å². The number of ether oxygens (including phenoxy) is 1. The second-order valence-electron chi connectivity index (χ2n) is 8.89. The fourth-order valence-corrected chi connectivity index (χ4v) is 4.55. The molecule has 1 amide bonds. The molecule has 1 fully saturated rings. The zero-order chi connectivity index (χ0) is 25.8. The van der Waals surface area contributed by atoms with Crippen LogP contribution in [0.1, 0.15) is 59.8 Å². The van der Waals surface area contributed by atoms with Gasteiger partial charge in [0.25, 0.3) is 11.9 Å². The summed E-state index contributed by atoms with van der Waals surface area (Å²) < 4.78 is 43.6. The van der Waals surface area contributed by atoms with Gasteiger partial charge in [0.05, 0.1) is 11.7 Å². The maximum absolute atomic E-state index is 12.5. The van der Waals surface area contributed by atoms with Gasteiger partial charge in [-0.3, -0.25) is 14.8 Å². The number of nitrogens with zero attached hydrogens (tertiary/aromatic N) is 5. The molecule has 0 saturated heterocycles. The van der Waals surface area contributed by atoms with Crippen molar-refractivity contribution in [3.63, 3.8) is 0 Å². The quantitative estimate of drug-likeness (QED) is 0.348. The van der Waals surface area contributed by atoms with Crippen molar-refractivity contribution in [2.45, 2.75) is 50.9 Å². The fraction of sp³-hybridized carbons (Fsp3) is 0.320. The maximum Gasteiger partial charge on any atom is 0.573 e. The molecule has 2 heterocycles. The van der Waals surface area contributed by atoms with E-state index in [0.717, 1.165) is 36.9 Å². The SMILES string of the molecule is O=C(Nc1nn[nH]n1)c1ccc(Cc2cc(-c3ccc(OC(F)(F)F)cc3)nn2C2CCCCC2)cc1. The molecular weight excluding hydrogens is 487 g/mol. The summed E-state index contributed by atoms with van der Waals surface area (Å²) in [6.07, 6.45) is 1.38. The minimum absolute atomic E-state index is 0.0935. The van der Waals surface area contributed by atoms with Gasteiger partial charge >= 0.3 is 6.36 Å². The molecule has 12 heteroatoms. The Bertz CT molecular complexity index is 1330. The molecule has 1 aliphatic carbocycles. The highest BCUT2D eigenvalue weighted by Crippen LogP contribution is 2.32. The van der Waals surface area contributed by atoms with Gasteiger partial charge in [0.2, 0.25) is 0 Å². The Morgan fingerprint density at radius 2 is 1.78 bits per heavy atom. The van der Waals surface area contributed by atoms with Gasteiger partial charge in [-0.15, -0.1) is 18.3 Å². The van der Waals surface area contributed by atoms with Crippen molar-refractivity contribution < 1.29 is 22.7 Å². The first-order chi connectivity index (χ1) is 17.8. The zero-order valence-corrected chi connectivity index (χ0v) is 19.7. The Morgan fingerprint density at radius 3 is 2.43 bits per heavy atom.